The van der Waals surface area contributed by atoms with Crippen molar-refractivity contribution in [1.29, 1.82) is 0 Å². The molecule has 1 aromatic carbocycles. The zero-order valence-corrected chi connectivity index (χ0v) is 11.9. The third kappa shape index (κ3) is 2.25. The first-order valence-electron chi connectivity index (χ1n) is 6.09. The molecule has 100 valence electrons. The molecule has 20 heavy (non-hydrogen) atoms. The highest BCUT2D eigenvalue weighted by Crippen LogP contribution is 2.29. The van der Waals surface area contributed by atoms with E-state index in [4.69, 9.17) is 0 Å². The van der Waals surface area contributed by atoms with Crippen LogP contribution < -0.4 is 5.32 Å². The molecule has 0 fully saturated rings. The molecule has 1 amide bonds. The van der Waals surface area contributed by atoms with Gasteiger partial charge < -0.3 is 0 Å². The highest BCUT2D eigenvalue weighted by Gasteiger charge is 2.12. The Hall–Kier alpha value is -2.34. The van der Waals surface area contributed by atoms with Crippen molar-refractivity contribution in [2.24, 2.45) is 0 Å². The molecule has 6 heteroatoms. The minimum absolute atomic E-state index is 0.277. The minimum atomic E-state index is -0.300. The van der Waals surface area contributed by atoms with Gasteiger partial charge in [-0.05, 0) is 31.0 Å². The summed E-state index contributed by atoms with van der Waals surface area (Å²) in [5.41, 5.74) is 3.54. The second kappa shape index (κ2) is 4.97. The molecule has 0 aliphatic carbocycles. The monoisotopic (exact) mass is 284 g/mol. The predicted octanol–water partition coefficient (Wildman–Crippen LogP) is 2.96. The molecule has 0 saturated heterocycles. The van der Waals surface area contributed by atoms with Gasteiger partial charge in [0.25, 0.3) is 5.91 Å². The summed E-state index contributed by atoms with van der Waals surface area (Å²) in [6, 6.07) is 4.08. The molecule has 0 saturated carbocycles. The van der Waals surface area contributed by atoms with Crippen LogP contribution in [0.3, 0.4) is 0 Å². The third-order valence-corrected chi connectivity index (χ3v) is 4.04. The van der Waals surface area contributed by atoms with E-state index >= 15 is 0 Å². The Morgan fingerprint density at radius 2 is 2.10 bits per heavy atom. The van der Waals surface area contributed by atoms with Crippen molar-refractivity contribution in [2.75, 3.05) is 5.32 Å². The van der Waals surface area contributed by atoms with Gasteiger partial charge in [0.05, 0.1) is 16.4 Å². The highest BCUT2D eigenvalue weighted by atomic mass is 32.1. The van der Waals surface area contributed by atoms with Crippen LogP contribution in [0.25, 0.3) is 10.2 Å². The van der Waals surface area contributed by atoms with E-state index in [2.05, 4.69) is 26.3 Å². The van der Waals surface area contributed by atoms with Crippen LogP contribution in [0.1, 0.15) is 21.6 Å². The Bertz CT molecular complexity index is 782. The van der Waals surface area contributed by atoms with Gasteiger partial charge in [-0.15, -0.1) is 0 Å². The summed E-state index contributed by atoms with van der Waals surface area (Å²) >= 11 is 1.45. The Balaban J connectivity index is 1.92. The van der Waals surface area contributed by atoms with Crippen LogP contribution in [-0.4, -0.2) is 20.9 Å². The lowest BCUT2D eigenvalue weighted by Gasteiger charge is -1.99. The second-order valence-corrected chi connectivity index (χ2v) is 5.45. The topological polar surface area (TPSA) is 67.8 Å². The van der Waals surface area contributed by atoms with E-state index in [0.717, 1.165) is 15.8 Å². The SMILES string of the molecule is Cc1ccc2sc(NC(=O)c3cnccn3)nc2c1C. The molecule has 0 aliphatic heterocycles. The van der Waals surface area contributed by atoms with Gasteiger partial charge in [0.1, 0.15) is 5.69 Å². The number of carbonyl (C=O) groups excluding carboxylic acids is 1. The van der Waals surface area contributed by atoms with E-state index in [1.807, 2.05) is 19.9 Å². The van der Waals surface area contributed by atoms with Gasteiger partial charge in [-0.25, -0.2) is 9.97 Å². The maximum atomic E-state index is 12.0. The van der Waals surface area contributed by atoms with Crippen molar-refractivity contribution >= 4 is 32.6 Å². The summed E-state index contributed by atoms with van der Waals surface area (Å²) in [5.74, 6) is -0.300. The van der Waals surface area contributed by atoms with Crippen molar-refractivity contribution in [2.45, 2.75) is 13.8 Å². The molecule has 0 atom stereocenters. The number of aromatic nitrogens is 3. The number of amides is 1. The first-order valence-corrected chi connectivity index (χ1v) is 6.91. The first-order chi connectivity index (χ1) is 9.65. The lowest BCUT2D eigenvalue weighted by atomic mass is 10.1. The summed E-state index contributed by atoms with van der Waals surface area (Å²) in [5, 5.41) is 3.33. The number of hydrogen-bond donors (Lipinski definition) is 1. The second-order valence-electron chi connectivity index (χ2n) is 4.42. The van der Waals surface area contributed by atoms with Gasteiger partial charge >= 0.3 is 0 Å². The zero-order chi connectivity index (χ0) is 14.1. The van der Waals surface area contributed by atoms with Crippen LogP contribution in [0.4, 0.5) is 5.13 Å². The molecule has 5 nitrogen and oxygen atoms in total. The lowest BCUT2D eigenvalue weighted by molar-refractivity contribution is 0.102. The molecule has 2 heterocycles. The van der Waals surface area contributed by atoms with Gasteiger partial charge in [-0.3, -0.25) is 15.1 Å². The first kappa shape index (κ1) is 12.7. The number of thiazole rings is 1. The smallest absolute Gasteiger partial charge is 0.277 e. The Morgan fingerprint density at radius 3 is 2.85 bits per heavy atom. The number of anilines is 1. The van der Waals surface area contributed by atoms with Crippen LogP contribution in [0.2, 0.25) is 0 Å². The molecule has 1 N–H and O–H groups in total. The fourth-order valence-electron chi connectivity index (χ4n) is 1.86. The van der Waals surface area contributed by atoms with E-state index in [1.54, 1.807) is 0 Å². The van der Waals surface area contributed by atoms with Gasteiger partial charge in [-0.2, -0.15) is 0 Å². The average molecular weight is 284 g/mol. The van der Waals surface area contributed by atoms with Crippen molar-refractivity contribution in [3.63, 3.8) is 0 Å². The number of aryl methyl sites for hydroxylation is 2. The Kier molecular flexibility index (Phi) is 3.15. The largest absolute Gasteiger partial charge is 0.296 e. The van der Waals surface area contributed by atoms with E-state index in [-0.39, 0.29) is 11.6 Å². The maximum Gasteiger partial charge on any atom is 0.277 e. The number of hydrogen-bond acceptors (Lipinski definition) is 5. The summed E-state index contributed by atoms with van der Waals surface area (Å²) < 4.78 is 1.06. The third-order valence-electron chi connectivity index (χ3n) is 3.10. The molecule has 0 bridgehead atoms. The number of rotatable bonds is 2. The van der Waals surface area contributed by atoms with E-state index in [0.29, 0.717) is 5.13 Å². The van der Waals surface area contributed by atoms with Crippen molar-refractivity contribution < 1.29 is 4.79 Å². The standard InChI is InChI=1S/C14H12N4OS/c1-8-3-4-11-12(9(8)2)17-14(20-11)18-13(19)10-7-15-5-6-16-10/h3-7H,1-2H3,(H,17,18,19). The lowest BCUT2D eigenvalue weighted by Crippen LogP contribution is -2.13. The maximum absolute atomic E-state index is 12.0. The van der Waals surface area contributed by atoms with Crippen molar-refractivity contribution in [3.05, 3.63) is 47.5 Å². The van der Waals surface area contributed by atoms with Gasteiger partial charge in [0.15, 0.2) is 5.13 Å². The normalized spacial score (nSPS) is 10.7. The molecule has 2 aromatic heterocycles. The number of benzene rings is 1. The van der Waals surface area contributed by atoms with Gasteiger partial charge in [0, 0.05) is 12.4 Å². The highest BCUT2D eigenvalue weighted by molar-refractivity contribution is 7.22. The molecular weight excluding hydrogens is 272 g/mol. The van der Waals surface area contributed by atoms with Crippen LogP contribution in [0, 0.1) is 13.8 Å². The van der Waals surface area contributed by atoms with E-state index in [9.17, 15) is 4.79 Å². The molecular formula is C14H12N4OS. The summed E-state index contributed by atoms with van der Waals surface area (Å²) in [4.78, 5) is 24.3. The Morgan fingerprint density at radius 1 is 1.25 bits per heavy atom. The summed E-state index contributed by atoms with van der Waals surface area (Å²) in [6.07, 6.45) is 4.44. The predicted molar refractivity (Wildman–Crippen MR) is 79.1 cm³/mol. The number of fused-ring (bicyclic) bond motifs is 1. The molecule has 3 aromatic rings. The summed E-state index contributed by atoms with van der Waals surface area (Å²) in [7, 11) is 0. The zero-order valence-electron chi connectivity index (χ0n) is 11.0. The van der Waals surface area contributed by atoms with Crippen LogP contribution >= 0.6 is 11.3 Å². The Labute approximate surface area is 119 Å². The van der Waals surface area contributed by atoms with Gasteiger partial charge in [-0.1, -0.05) is 17.4 Å². The molecule has 3 rings (SSSR count). The molecule has 0 radical (unpaired) electrons. The average Bonchev–Trinajstić information content (AvgIpc) is 2.87. The number of nitrogens with zero attached hydrogens (tertiary/aromatic N) is 3. The molecule has 0 spiro atoms. The summed E-state index contributed by atoms with van der Waals surface area (Å²) in [6.45, 7) is 4.08. The fraction of sp³-hybridized carbons (Fsp3) is 0.143. The van der Waals surface area contributed by atoms with Crippen LogP contribution in [0.15, 0.2) is 30.7 Å². The quantitative estimate of drug-likeness (QED) is 0.785. The number of carbonyl (C=O) groups is 1. The van der Waals surface area contributed by atoms with E-state index < -0.39 is 0 Å². The fourth-order valence-corrected chi connectivity index (χ4v) is 2.78. The van der Waals surface area contributed by atoms with E-state index in [1.165, 1.54) is 35.5 Å². The van der Waals surface area contributed by atoms with Crippen molar-refractivity contribution in [1.82, 2.24) is 15.0 Å². The van der Waals surface area contributed by atoms with Crippen LogP contribution in [0.5, 0.6) is 0 Å². The minimum Gasteiger partial charge on any atom is -0.296 e. The van der Waals surface area contributed by atoms with Crippen LogP contribution in [-0.2, 0) is 0 Å². The molecule has 0 unspecified atom stereocenters. The molecule has 0 aliphatic rings. The van der Waals surface area contributed by atoms with Gasteiger partial charge in [0.2, 0.25) is 0 Å². The van der Waals surface area contributed by atoms with Crippen molar-refractivity contribution in [3.8, 4) is 0 Å². The number of nitrogens with one attached hydrogen (secondary N) is 1.